The summed E-state index contributed by atoms with van der Waals surface area (Å²) < 4.78 is 15.9. The molecule has 0 radical (unpaired) electrons. The van der Waals surface area contributed by atoms with Gasteiger partial charge in [-0.3, -0.25) is 9.69 Å². The van der Waals surface area contributed by atoms with E-state index in [0.29, 0.717) is 18.6 Å². The fourth-order valence-corrected chi connectivity index (χ4v) is 4.87. The average molecular weight is 592 g/mol. The molecule has 0 N–H and O–H groups in total. The Bertz CT molecular complexity index is 1480. The standard InChI is InChI=1S/C38H41NO5/c1-42-37(40)14-8-9-26-39(28-32-21-23-35(24-22-32)38(41)43-2)27-25-34-12-6-7-13-36(34)44-29-33-19-17-31(18-20-33)16-15-30-10-4-3-5-11-30/h3-7,10-13,15-24H,8-9,14,25-29H2,1-2H3/b16-15+. The number of carbonyl (C=O) groups excluding carboxylic acids is 2. The second-order valence-electron chi connectivity index (χ2n) is 10.6. The molecule has 0 aliphatic rings. The normalized spacial score (nSPS) is 11.1. The third-order valence-corrected chi connectivity index (χ3v) is 7.43. The highest BCUT2D eigenvalue weighted by Crippen LogP contribution is 2.22. The van der Waals surface area contributed by atoms with Crippen LogP contribution in [-0.4, -0.2) is 44.1 Å². The van der Waals surface area contributed by atoms with Crippen LogP contribution in [0.25, 0.3) is 12.2 Å². The predicted octanol–water partition coefficient (Wildman–Crippen LogP) is 7.61. The maximum absolute atomic E-state index is 11.8. The molecule has 0 aliphatic carbocycles. The number of benzene rings is 4. The number of esters is 2. The van der Waals surface area contributed by atoms with Gasteiger partial charge in [0.05, 0.1) is 19.8 Å². The van der Waals surface area contributed by atoms with E-state index in [-0.39, 0.29) is 11.9 Å². The van der Waals surface area contributed by atoms with Crippen molar-refractivity contribution in [3.63, 3.8) is 0 Å². The summed E-state index contributed by atoms with van der Waals surface area (Å²) in [6, 6.07) is 34.4. The van der Waals surface area contributed by atoms with Crippen molar-refractivity contribution in [1.29, 1.82) is 0 Å². The van der Waals surface area contributed by atoms with Gasteiger partial charge in [0.25, 0.3) is 0 Å². The average Bonchev–Trinajstić information content (AvgIpc) is 3.08. The number of methoxy groups -OCH3 is 2. The first kappa shape index (κ1) is 32.2. The molecule has 0 fully saturated rings. The van der Waals surface area contributed by atoms with Crippen molar-refractivity contribution in [3.8, 4) is 5.75 Å². The molecule has 0 unspecified atom stereocenters. The van der Waals surface area contributed by atoms with Gasteiger partial charge < -0.3 is 14.2 Å². The summed E-state index contributed by atoms with van der Waals surface area (Å²) in [4.78, 5) is 25.8. The monoisotopic (exact) mass is 591 g/mol. The van der Waals surface area contributed by atoms with E-state index < -0.39 is 0 Å². The largest absolute Gasteiger partial charge is 0.489 e. The van der Waals surface area contributed by atoms with E-state index in [9.17, 15) is 9.59 Å². The molecule has 0 saturated heterocycles. The maximum Gasteiger partial charge on any atom is 0.337 e. The lowest BCUT2D eigenvalue weighted by Gasteiger charge is -2.23. The van der Waals surface area contributed by atoms with Gasteiger partial charge in [0.2, 0.25) is 0 Å². The summed E-state index contributed by atoms with van der Waals surface area (Å²) in [5, 5.41) is 0. The molecule has 0 spiro atoms. The van der Waals surface area contributed by atoms with Gasteiger partial charge in [-0.25, -0.2) is 4.79 Å². The maximum atomic E-state index is 11.8. The number of carbonyl (C=O) groups is 2. The minimum Gasteiger partial charge on any atom is -0.489 e. The van der Waals surface area contributed by atoms with Crippen LogP contribution in [0, 0.1) is 0 Å². The van der Waals surface area contributed by atoms with Crippen molar-refractivity contribution in [2.45, 2.75) is 38.8 Å². The zero-order chi connectivity index (χ0) is 31.0. The van der Waals surface area contributed by atoms with Gasteiger partial charge >= 0.3 is 11.9 Å². The third-order valence-electron chi connectivity index (χ3n) is 7.43. The Balaban J connectivity index is 1.35. The lowest BCUT2D eigenvalue weighted by atomic mass is 10.1. The molecule has 6 nitrogen and oxygen atoms in total. The van der Waals surface area contributed by atoms with Crippen molar-refractivity contribution >= 4 is 24.1 Å². The Labute approximate surface area is 260 Å². The molecule has 0 aliphatic heterocycles. The molecule has 0 aromatic heterocycles. The van der Waals surface area contributed by atoms with Crippen LogP contribution in [0.4, 0.5) is 0 Å². The van der Waals surface area contributed by atoms with E-state index in [0.717, 1.165) is 66.9 Å². The molecule has 4 aromatic carbocycles. The number of hydrogen-bond donors (Lipinski definition) is 0. The quantitative estimate of drug-likeness (QED) is 0.0759. The Kier molecular flexibility index (Phi) is 12.8. The Morgan fingerprint density at radius 3 is 2.05 bits per heavy atom. The lowest BCUT2D eigenvalue weighted by Crippen LogP contribution is -2.27. The van der Waals surface area contributed by atoms with E-state index in [1.165, 1.54) is 19.8 Å². The molecular weight excluding hydrogens is 550 g/mol. The first-order valence-electron chi connectivity index (χ1n) is 15.0. The van der Waals surface area contributed by atoms with E-state index in [2.05, 4.69) is 59.5 Å². The number of para-hydroxylation sites is 1. The van der Waals surface area contributed by atoms with E-state index in [1.807, 2.05) is 48.5 Å². The smallest absolute Gasteiger partial charge is 0.337 e. The zero-order valence-electron chi connectivity index (χ0n) is 25.6. The molecule has 0 heterocycles. The molecule has 0 atom stereocenters. The minimum absolute atomic E-state index is 0.181. The second kappa shape index (κ2) is 17.4. The van der Waals surface area contributed by atoms with Crippen LogP contribution < -0.4 is 4.74 Å². The molecule has 6 heteroatoms. The number of rotatable bonds is 16. The van der Waals surface area contributed by atoms with Crippen LogP contribution >= 0.6 is 0 Å². The zero-order valence-corrected chi connectivity index (χ0v) is 25.6. The predicted molar refractivity (Wildman–Crippen MR) is 175 cm³/mol. The van der Waals surface area contributed by atoms with Gasteiger partial charge in [0, 0.05) is 19.5 Å². The van der Waals surface area contributed by atoms with Gasteiger partial charge in [0.1, 0.15) is 12.4 Å². The van der Waals surface area contributed by atoms with Crippen molar-refractivity contribution in [1.82, 2.24) is 4.90 Å². The van der Waals surface area contributed by atoms with Gasteiger partial charge in [0.15, 0.2) is 0 Å². The summed E-state index contributed by atoms with van der Waals surface area (Å²) >= 11 is 0. The van der Waals surface area contributed by atoms with Crippen LogP contribution in [0.2, 0.25) is 0 Å². The molecule has 0 saturated carbocycles. The highest BCUT2D eigenvalue weighted by molar-refractivity contribution is 5.89. The van der Waals surface area contributed by atoms with Gasteiger partial charge in [-0.1, -0.05) is 97.1 Å². The first-order chi connectivity index (χ1) is 21.5. The topological polar surface area (TPSA) is 65.1 Å². The fraction of sp³-hybridized carbons (Fsp3) is 0.263. The number of hydrogen-bond acceptors (Lipinski definition) is 6. The van der Waals surface area contributed by atoms with Gasteiger partial charge in [-0.15, -0.1) is 0 Å². The first-order valence-corrected chi connectivity index (χ1v) is 15.0. The molecular formula is C38H41NO5. The Morgan fingerprint density at radius 1 is 0.682 bits per heavy atom. The Hall–Kier alpha value is -4.68. The van der Waals surface area contributed by atoms with Gasteiger partial charge in [-0.05, 0) is 71.8 Å². The summed E-state index contributed by atoms with van der Waals surface area (Å²) in [6.45, 7) is 2.88. The summed E-state index contributed by atoms with van der Waals surface area (Å²) in [5.74, 6) is 0.358. The van der Waals surface area contributed by atoms with Crippen LogP contribution in [0.3, 0.4) is 0 Å². The minimum atomic E-state index is -0.344. The number of unbranched alkanes of at least 4 members (excludes halogenated alkanes) is 1. The van der Waals surface area contributed by atoms with Crippen LogP contribution in [0.5, 0.6) is 5.75 Å². The molecule has 44 heavy (non-hydrogen) atoms. The molecule has 228 valence electrons. The van der Waals surface area contributed by atoms with Crippen LogP contribution in [0.15, 0.2) is 103 Å². The molecule has 4 aromatic rings. The highest BCUT2D eigenvalue weighted by Gasteiger charge is 2.12. The summed E-state index contributed by atoms with van der Waals surface area (Å²) in [7, 11) is 2.81. The van der Waals surface area contributed by atoms with Crippen molar-refractivity contribution < 1.29 is 23.8 Å². The number of ether oxygens (including phenoxy) is 3. The molecule has 0 bridgehead atoms. The SMILES string of the molecule is COC(=O)CCCCN(CCc1ccccc1OCc1ccc(/C=C/c2ccccc2)cc1)Cc1ccc(C(=O)OC)cc1. The van der Waals surface area contributed by atoms with E-state index >= 15 is 0 Å². The summed E-state index contributed by atoms with van der Waals surface area (Å²) in [6.07, 6.45) is 7.11. The third kappa shape index (κ3) is 10.5. The van der Waals surface area contributed by atoms with Crippen molar-refractivity contribution in [2.24, 2.45) is 0 Å². The number of nitrogens with zero attached hydrogens (tertiary/aromatic N) is 1. The van der Waals surface area contributed by atoms with E-state index in [1.54, 1.807) is 12.1 Å². The summed E-state index contributed by atoms with van der Waals surface area (Å²) in [5.41, 5.74) is 6.22. The lowest BCUT2D eigenvalue weighted by molar-refractivity contribution is -0.140. The Morgan fingerprint density at radius 2 is 1.34 bits per heavy atom. The van der Waals surface area contributed by atoms with Crippen LogP contribution in [0.1, 0.15) is 57.4 Å². The fourth-order valence-electron chi connectivity index (χ4n) is 4.87. The van der Waals surface area contributed by atoms with Crippen LogP contribution in [-0.2, 0) is 33.8 Å². The van der Waals surface area contributed by atoms with Crippen molar-refractivity contribution in [2.75, 3.05) is 27.3 Å². The van der Waals surface area contributed by atoms with Gasteiger partial charge in [-0.2, -0.15) is 0 Å². The molecule has 0 amide bonds. The second-order valence-corrected chi connectivity index (χ2v) is 10.6. The van der Waals surface area contributed by atoms with E-state index in [4.69, 9.17) is 14.2 Å². The molecule has 4 rings (SSSR count). The highest BCUT2D eigenvalue weighted by atomic mass is 16.5. The van der Waals surface area contributed by atoms with Crippen molar-refractivity contribution in [3.05, 3.63) is 137 Å².